The van der Waals surface area contributed by atoms with Crippen molar-refractivity contribution in [1.82, 2.24) is 4.90 Å². The number of rotatable bonds is 9. The number of urea groups is 1. The fraction of sp³-hybridized carbons (Fsp3) is 0.148. The number of aryl methyl sites for hydroxylation is 1. The minimum absolute atomic E-state index is 0.0755. The van der Waals surface area contributed by atoms with Crippen molar-refractivity contribution in [2.45, 2.75) is 31.3 Å². The number of carbonyl (C=O) groups is 1. The normalized spacial score (nSPS) is 11.2. The largest absolute Gasteiger partial charge is 0.467 e. The summed E-state index contributed by atoms with van der Waals surface area (Å²) in [7, 11) is -4.16. The number of hydrogen-bond donors (Lipinski definition) is 1. The molecule has 0 bridgehead atoms. The second-order valence-corrected chi connectivity index (χ2v) is 9.56. The van der Waals surface area contributed by atoms with Crippen LogP contribution in [0.2, 0.25) is 0 Å². The van der Waals surface area contributed by atoms with Gasteiger partial charge < -0.3 is 18.8 Å². The minimum Gasteiger partial charge on any atom is -0.467 e. The molecule has 0 spiro atoms. The molecule has 36 heavy (non-hydrogen) atoms. The predicted molar refractivity (Wildman–Crippen MR) is 133 cm³/mol. The van der Waals surface area contributed by atoms with Gasteiger partial charge in [0, 0.05) is 12.2 Å². The molecule has 0 saturated carbocycles. The third kappa shape index (κ3) is 6.31. The van der Waals surface area contributed by atoms with Crippen LogP contribution in [0, 0.1) is 5.82 Å². The number of anilines is 1. The molecule has 7 nitrogen and oxygen atoms in total. The topological polar surface area (TPSA) is 88.9 Å². The van der Waals surface area contributed by atoms with Crippen LogP contribution in [0.25, 0.3) is 0 Å². The number of para-hydroxylation sites is 1. The standard InChI is InChI=1S/C27H25FN2O5S/c1-2-21-8-3-4-11-26(21)29-27(31)30(19-24-10-6-16-34-24)18-20-7-5-9-23(17-20)35-36(32,33)25-14-12-22(28)13-15-25/h3-17H,2,18-19H2,1H3,(H,29,31). The summed E-state index contributed by atoms with van der Waals surface area (Å²) in [4.78, 5) is 14.6. The lowest BCUT2D eigenvalue weighted by Gasteiger charge is -2.23. The lowest BCUT2D eigenvalue weighted by Crippen LogP contribution is -2.34. The Labute approximate surface area is 209 Å². The first-order chi connectivity index (χ1) is 17.3. The Balaban J connectivity index is 1.54. The van der Waals surface area contributed by atoms with Gasteiger partial charge in [0.05, 0.1) is 12.8 Å². The molecule has 0 fully saturated rings. The van der Waals surface area contributed by atoms with E-state index in [1.807, 2.05) is 31.2 Å². The van der Waals surface area contributed by atoms with E-state index in [-0.39, 0.29) is 29.8 Å². The number of amides is 2. The Morgan fingerprint density at radius 2 is 1.75 bits per heavy atom. The summed E-state index contributed by atoms with van der Waals surface area (Å²) in [5.74, 6) is 0.124. The van der Waals surface area contributed by atoms with Crippen molar-refractivity contribution in [2.75, 3.05) is 5.32 Å². The van der Waals surface area contributed by atoms with E-state index < -0.39 is 15.9 Å². The van der Waals surface area contributed by atoms with Crippen LogP contribution in [0.1, 0.15) is 23.8 Å². The summed E-state index contributed by atoms with van der Waals surface area (Å²) in [5.41, 5.74) is 2.37. The lowest BCUT2D eigenvalue weighted by molar-refractivity contribution is 0.201. The molecule has 0 saturated heterocycles. The summed E-state index contributed by atoms with van der Waals surface area (Å²) in [5, 5.41) is 2.96. The summed E-state index contributed by atoms with van der Waals surface area (Å²) in [6.45, 7) is 2.37. The molecule has 0 atom stereocenters. The molecule has 1 N–H and O–H groups in total. The maximum absolute atomic E-state index is 13.3. The Kier molecular flexibility index (Phi) is 7.70. The highest BCUT2D eigenvalue weighted by Gasteiger charge is 2.20. The Hall–Kier alpha value is -4.11. The van der Waals surface area contributed by atoms with Crippen molar-refractivity contribution in [3.8, 4) is 5.75 Å². The van der Waals surface area contributed by atoms with E-state index in [1.165, 1.54) is 12.3 Å². The molecular weight excluding hydrogens is 483 g/mol. The van der Waals surface area contributed by atoms with Crippen LogP contribution in [-0.2, 0) is 29.6 Å². The molecule has 1 aromatic heterocycles. The zero-order valence-corrected chi connectivity index (χ0v) is 20.4. The van der Waals surface area contributed by atoms with Gasteiger partial charge in [-0.2, -0.15) is 8.42 Å². The molecule has 2 amide bonds. The van der Waals surface area contributed by atoms with Crippen LogP contribution in [0.15, 0.2) is 101 Å². The van der Waals surface area contributed by atoms with Crippen molar-refractivity contribution in [2.24, 2.45) is 0 Å². The number of benzene rings is 3. The average Bonchev–Trinajstić information content (AvgIpc) is 3.37. The van der Waals surface area contributed by atoms with E-state index in [1.54, 1.807) is 35.2 Å². The van der Waals surface area contributed by atoms with Crippen LogP contribution in [0.5, 0.6) is 5.75 Å². The van der Waals surface area contributed by atoms with Crippen molar-refractivity contribution in [1.29, 1.82) is 0 Å². The SMILES string of the molecule is CCc1ccccc1NC(=O)N(Cc1cccc(OS(=O)(=O)c2ccc(F)cc2)c1)Cc1ccco1. The fourth-order valence-corrected chi connectivity index (χ4v) is 4.55. The van der Waals surface area contributed by atoms with E-state index in [4.69, 9.17) is 8.60 Å². The highest BCUT2D eigenvalue weighted by molar-refractivity contribution is 7.87. The van der Waals surface area contributed by atoms with Crippen LogP contribution in [0.3, 0.4) is 0 Å². The first kappa shape index (κ1) is 25.0. The molecule has 9 heteroatoms. The number of carbonyl (C=O) groups excluding carboxylic acids is 1. The van der Waals surface area contributed by atoms with E-state index >= 15 is 0 Å². The Bertz CT molecular complexity index is 1420. The fourth-order valence-electron chi connectivity index (χ4n) is 3.63. The molecule has 3 aromatic carbocycles. The molecular formula is C27H25FN2O5S. The molecule has 4 rings (SSSR count). The minimum atomic E-state index is -4.16. The van der Waals surface area contributed by atoms with Gasteiger partial charge in [-0.05, 0) is 72.1 Å². The van der Waals surface area contributed by atoms with Gasteiger partial charge in [0.1, 0.15) is 22.2 Å². The van der Waals surface area contributed by atoms with Crippen molar-refractivity contribution in [3.05, 3.63) is 114 Å². The zero-order chi connectivity index (χ0) is 25.5. The second-order valence-electron chi connectivity index (χ2n) is 8.02. The molecule has 0 aliphatic rings. The number of halogens is 1. The summed E-state index contributed by atoms with van der Waals surface area (Å²) >= 11 is 0. The molecule has 4 aromatic rings. The quantitative estimate of drug-likeness (QED) is 0.281. The van der Waals surface area contributed by atoms with E-state index in [9.17, 15) is 17.6 Å². The predicted octanol–water partition coefficient (Wildman–Crippen LogP) is 5.98. The summed E-state index contributed by atoms with van der Waals surface area (Å²) in [6.07, 6.45) is 2.29. The van der Waals surface area contributed by atoms with Gasteiger partial charge in [-0.3, -0.25) is 0 Å². The molecule has 0 unspecified atom stereocenters. The molecule has 186 valence electrons. The van der Waals surface area contributed by atoms with Gasteiger partial charge in [0.2, 0.25) is 0 Å². The monoisotopic (exact) mass is 508 g/mol. The van der Waals surface area contributed by atoms with E-state index in [2.05, 4.69) is 5.32 Å². The van der Waals surface area contributed by atoms with Gasteiger partial charge in [0.15, 0.2) is 0 Å². The van der Waals surface area contributed by atoms with Gasteiger partial charge in [-0.15, -0.1) is 0 Å². The highest BCUT2D eigenvalue weighted by atomic mass is 32.2. The van der Waals surface area contributed by atoms with E-state index in [0.29, 0.717) is 11.3 Å². The molecule has 1 heterocycles. The average molecular weight is 509 g/mol. The zero-order valence-electron chi connectivity index (χ0n) is 19.6. The van der Waals surface area contributed by atoms with Gasteiger partial charge in [0.25, 0.3) is 0 Å². The van der Waals surface area contributed by atoms with Crippen LogP contribution in [0.4, 0.5) is 14.9 Å². The van der Waals surface area contributed by atoms with Crippen molar-refractivity contribution < 1.29 is 26.2 Å². The number of nitrogens with zero attached hydrogens (tertiary/aromatic N) is 1. The van der Waals surface area contributed by atoms with E-state index in [0.717, 1.165) is 41.9 Å². The summed E-state index contributed by atoms with van der Waals surface area (Å²) < 4.78 is 49.1. The van der Waals surface area contributed by atoms with Crippen molar-refractivity contribution in [3.63, 3.8) is 0 Å². The third-order valence-electron chi connectivity index (χ3n) is 5.43. The van der Waals surface area contributed by atoms with Crippen LogP contribution < -0.4 is 9.50 Å². The third-order valence-corrected chi connectivity index (χ3v) is 6.70. The van der Waals surface area contributed by atoms with Crippen LogP contribution >= 0.6 is 0 Å². The highest BCUT2D eigenvalue weighted by Crippen LogP contribution is 2.23. The summed E-state index contributed by atoms with van der Waals surface area (Å²) in [6, 6.07) is 21.6. The smallest absolute Gasteiger partial charge is 0.339 e. The van der Waals surface area contributed by atoms with Gasteiger partial charge >= 0.3 is 16.1 Å². The second kappa shape index (κ2) is 11.1. The van der Waals surface area contributed by atoms with Gasteiger partial charge in [-0.1, -0.05) is 37.3 Å². The first-order valence-electron chi connectivity index (χ1n) is 11.3. The lowest BCUT2D eigenvalue weighted by atomic mass is 10.1. The van der Waals surface area contributed by atoms with Gasteiger partial charge in [-0.25, -0.2) is 9.18 Å². The number of nitrogens with one attached hydrogen (secondary N) is 1. The Morgan fingerprint density at radius 1 is 0.972 bits per heavy atom. The maximum atomic E-state index is 13.3. The Morgan fingerprint density at radius 3 is 2.47 bits per heavy atom. The van der Waals surface area contributed by atoms with Crippen molar-refractivity contribution >= 4 is 21.8 Å². The molecule has 0 aliphatic heterocycles. The van der Waals surface area contributed by atoms with Crippen LogP contribution in [-0.4, -0.2) is 19.3 Å². The maximum Gasteiger partial charge on any atom is 0.339 e. The molecule has 0 radical (unpaired) electrons. The first-order valence-corrected chi connectivity index (χ1v) is 12.7. The number of furan rings is 1. The number of hydrogen-bond acceptors (Lipinski definition) is 5. The molecule has 0 aliphatic carbocycles.